The van der Waals surface area contributed by atoms with Gasteiger partial charge in [-0.25, -0.2) is 4.79 Å². The lowest BCUT2D eigenvalue weighted by atomic mass is 10.1. The molecule has 3 aromatic rings. The predicted molar refractivity (Wildman–Crippen MR) is 127 cm³/mol. The monoisotopic (exact) mass is 462 g/mol. The van der Waals surface area contributed by atoms with Gasteiger partial charge in [-0.1, -0.05) is 0 Å². The van der Waals surface area contributed by atoms with Crippen LogP contribution in [0.25, 0.3) is 10.9 Å². The molecule has 5 rings (SSSR count). The maximum absolute atomic E-state index is 12.4. The molecule has 0 bridgehead atoms. The van der Waals surface area contributed by atoms with Crippen molar-refractivity contribution in [1.29, 1.82) is 0 Å². The van der Waals surface area contributed by atoms with E-state index in [0.717, 1.165) is 41.6 Å². The molecule has 1 saturated heterocycles. The molecule has 0 spiro atoms. The first-order chi connectivity index (χ1) is 16.6. The number of carbonyl (C=O) groups excluding carboxylic acids is 2. The number of nitrogens with one attached hydrogen (secondary N) is 2. The highest BCUT2D eigenvalue weighted by molar-refractivity contribution is 5.97. The SMILES string of the molecule is COc1ccc2nccc(CNCCC[C@@H]3CN(c4ccc5c(c4)NC(=O)CO5)C(=O)O3)c2c1. The van der Waals surface area contributed by atoms with Gasteiger partial charge in [-0.3, -0.25) is 14.7 Å². The highest BCUT2D eigenvalue weighted by atomic mass is 16.6. The smallest absolute Gasteiger partial charge is 0.414 e. The number of cyclic esters (lactones) is 1. The number of fused-ring (bicyclic) bond motifs is 2. The van der Waals surface area contributed by atoms with E-state index in [0.29, 0.717) is 30.2 Å². The van der Waals surface area contributed by atoms with Crippen LogP contribution in [0.2, 0.25) is 0 Å². The number of benzene rings is 2. The van der Waals surface area contributed by atoms with E-state index in [1.165, 1.54) is 0 Å². The van der Waals surface area contributed by atoms with Crippen LogP contribution in [0.1, 0.15) is 18.4 Å². The molecule has 0 radical (unpaired) electrons. The number of amides is 2. The molecule has 3 heterocycles. The molecule has 34 heavy (non-hydrogen) atoms. The number of pyridine rings is 1. The summed E-state index contributed by atoms with van der Waals surface area (Å²) in [5, 5.41) is 7.31. The van der Waals surface area contributed by atoms with Gasteiger partial charge in [0.05, 0.1) is 24.9 Å². The lowest BCUT2D eigenvalue weighted by Crippen LogP contribution is -2.27. The van der Waals surface area contributed by atoms with Crippen molar-refractivity contribution < 1.29 is 23.8 Å². The quantitative estimate of drug-likeness (QED) is 0.494. The second-order valence-corrected chi connectivity index (χ2v) is 8.31. The van der Waals surface area contributed by atoms with Gasteiger partial charge in [-0.2, -0.15) is 0 Å². The normalized spacial score (nSPS) is 17.2. The number of nitrogens with zero attached hydrogens (tertiary/aromatic N) is 2. The predicted octanol–water partition coefficient (Wildman–Crippen LogP) is 3.47. The summed E-state index contributed by atoms with van der Waals surface area (Å²) in [5.41, 5.74) is 3.34. The molecule has 1 atom stereocenters. The number of ether oxygens (including phenoxy) is 3. The Labute approximate surface area is 197 Å². The Bertz CT molecular complexity index is 1230. The van der Waals surface area contributed by atoms with Crippen molar-refractivity contribution >= 4 is 34.3 Å². The maximum Gasteiger partial charge on any atom is 0.414 e. The van der Waals surface area contributed by atoms with E-state index < -0.39 is 0 Å². The van der Waals surface area contributed by atoms with E-state index in [2.05, 4.69) is 15.6 Å². The van der Waals surface area contributed by atoms with E-state index in [1.807, 2.05) is 30.5 Å². The van der Waals surface area contributed by atoms with E-state index in [9.17, 15) is 9.59 Å². The first-order valence-electron chi connectivity index (χ1n) is 11.3. The van der Waals surface area contributed by atoms with Crippen molar-refractivity contribution in [2.45, 2.75) is 25.5 Å². The van der Waals surface area contributed by atoms with Crippen LogP contribution in [0, 0.1) is 0 Å². The van der Waals surface area contributed by atoms with Gasteiger partial charge in [0.25, 0.3) is 5.91 Å². The van der Waals surface area contributed by atoms with Gasteiger partial charge in [0.2, 0.25) is 0 Å². The minimum absolute atomic E-state index is 0.000208. The summed E-state index contributed by atoms with van der Waals surface area (Å²) in [6, 6.07) is 13.2. The fourth-order valence-corrected chi connectivity index (χ4v) is 4.26. The summed E-state index contributed by atoms with van der Waals surface area (Å²) in [4.78, 5) is 30.0. The van der Waals surface area contributed by atoms with Crippen LogP contribution < -0.4 is 25.0 Å². The van der Waals surface area contributed by atoms with Crippen LogP contribution in [0.15, 0.2) is 48.7 Å². The zero-order chi connectivity index (χ0) is 23.5. The van der Waals surface area contributed by atoms with Gasteiger partial charge in [0.15, 0.2) is 6.61 Å². The van der Waals surface area contributed by atoms with Gasteiger partial charge in [-0.15, -0.1) is 0 Å². The zero-order valence-corrected chi connectivity index (χ0v) is 18.9. The minimum atomic E-state index is -0.377. The lowest BCUT2D eigenvalue weighted by Gasteiger charge is -2.20. The Morgan fingerprint density at radius 1 is 1.21 bits per heavy atom. The van der Waals surface area contributed by atoms with Crippen molar-refractivity contribution in [3.05, 3.63) is 54.2 Å². The number of anilines is 2. The van der Waals surface area contributed by atoms with Crippen molar-refractivity contribution in [1.82, 2.24) is 10.3 Å². The highest BCUT2D eigenvalue weighted by Gasteiger charge is 2.32. The van der Waals surface area contributed by atoms with E-state index in [1.54, 1.807) is 30.2 Å². The molecule has 2 aliphatic heterocycles. The molecule has 0 unspecified atom stereocenters. The molecule has 2 aromatic carbocycles. The minimum Gasteiger partial charge on any atom is -0.497 e. The molecule has 0 saturated carbocycles. The van der Waals surface area contributed by atoms with Crippen LogP contribution in [0.5, 0.6) is 11.5 Å². The Kier molecular flexibility index (Phi) is 6.18. The molecule has 9 heteroatoms. The summed E-state index contributed by atoms with van der Waals surface area (Å²) < 4.78 is 16.3. The molecule has 0 aliphatic carbocycles. The Morgan fingerprint density at radius 3 is 3.00 bits per heavy atom. The molecule has 2 aliphatic rings. The van der Waals surface area contributed by atoms with E-state index in [4.69, 9.17) is 14.2 Å². The van der Waals surface area contributed by atoms with E-state index in [-0.39, 0.29) is 24.7 Å². The van der Waals surface area contributed by atoms with Crippen LogP contribution in [-0.4, -0.2) is 49.9 Å². The van der Waals surface area contributed by atoms with Crippen LogP contribution in [0.4, 0.5) is 16.2 Å². The number of rotatable bonds is 8. The average Bonchev–Trinajstić information content (AvgIpc) is 3.23. The van der Waals surface area contributed by atoms with Crippen molar-refractivity contribution in [3.63, 3.8) is 0 Å². The molecular weight excluding hydrogens is 436 g/mol. The maximum atomic E-state index is 12.4. The fourth-order valence-electron chi connectivity index (χ4n) is 4.26. The Hall–Kier alpha value is -3.85. The first-order valence-corrected chi connectivity index (χ1v) is 11.3. The molecule has 176 valence electrons. The Balaban J connectivity index is 1.12. The lowest BCUT2D eigenvalue weighted by molar-refractivity contribution is -0.118. The molecule has 2 N–H and O–H groups in total. The third-order valence-corrected chi connectivity index (χ3v) is 6.02. The van der Waals surface area contributed by atoms with E-state index >= 15 is 0 Å². The molecule has 1 fully saturated rings. The average molecular weight is 463 g/mol. The molecule has 2 amide bonds. The first kappa shape index (κ1) is 22.0. The number of aromatic nitrogens is 1. The summed E-state index contributed by atoms with van der Waals surface area (Å²) in [6.45, 7) is 1.98. The molecular formula is C25H26N4O5. The van der Waals surface area contributed by atoms with Gasteiger partial charge in [-0.05, 0) is 67.4 Å². The summed E-state index contributed by atoms with van der Waals surface area (Å²) in [6.07, 6.45) is 2.88. The van der Waals surface area contributed by atoms with Gasteiger partial charge < -0.3 is 24.8 Å². The molecule has 9 nitrogen and oxygen atoms in total. The largest absolute Gasteiger partial charge is 0.497 e. The zero-order valence-electron chi connectivity index (χ0n) is 18.9. The highest BCUT2D eigenvalue weighted by Crippen LogP contribution is 2.33. The van der Waals surface area contributed by atoms with Crippen molar-refractivity contribution in [2.24, 2.45) is 0 Å². The summed E-state index contributed by atoms with van der Waals surface area (Å²) >= 11 is 0. The topological polar surface area (TPSA) is 102 Å². The summed E-state index contributed by atoms with van der Waals surface area (Å²) in [5.74, 6) is 1.19. The number of carbonyl (C=O) groups is 2. The standard InChI is InChI=1S/C25H26N4O5/c1-32-18-5-6-21-20(12-18)16(8-10-27-21)13-26-9-2-3-19-14-29(25(31)34-19)17-4-7-23-22(11-17)28-24(30)15-33-23/h4-8,10-12,19,26H,2-3,9,13-15H2,1H3,(H,28,30)/t19-/m1/s1. The number of hydrogen-bond donors (Lipinski definition) is 2. The van der Waals surface area contributed by atoms with Gasteiger partial charge in [0, 0.05) is 23.8 Å². The third kappa shape index (κ3) is 4.60. The number of hydrogen-bond acceptors (Lipinski definition) is 7. The molecule has 1 aromatic heterocycles. The van der Waals surface area contributed by atoms with Crippen LogP contribution >= 0.6 is 0 Å². The van der Waals surface area contributed by atoms with Gasteiger partial charge in [0.1, 0.15) is 17.6 Å². The Morgan fingerprint density at radius 2 is 2.12 bits per heavy atom. The second-order valence-electron chi connectivity index (χ2n) is 8.31. The number of methoxy groups -OCH3 is 1. The van der Waals surface area contributed by atoms with Crippen LogP contribution in [0.3, 0.4) is 0 Å². The van der Waals surface area contributed by atoms with Crippen molar-refractivity contribution in [3.8, 4) is 11.5 Å². The van der Waals surface area contributed by atoms with Crippen LogP contribution in [-0.2, 0) is 16.1 Å². The van der Waals surface area contributed by atoms with Gasteiger partial charge >= 0.3 is 6.09 Å². The summed E-state index contributed by atoms with van der Waals surface area (Å²) in [7, 11) is 1.66. The third-order valence-electron chi connectivity index (χ3n) is 6.02. The second kappa shape index (κ2) is 9.56. The fraction of sp³-hybridized carbons (Fsp3) is 0.320. The van der Waals surface area contributed by atoms with Crippen molar-refractivity contribution in [2.75, 3.05) is 37.0 Å².